The molecule has 1 atom stereocenters. The van der Waals surface area contributed by atoms with Crippen molar-refractivity contribution < 1.29 is 27.4 Å². The highest BCUT2D eigenvalue weighted by Crippen LogP contribution is 2.29. The summed E-state index contributed by atoms with van der Waals surface area (Å²) in [4.78, 5) is 18.5. The second kappa shape index (κ2) is 11.8. The minimum Gasteiger partial charge on any atom is -0.382 e. The molecular formula is C20H29F3N4O3. The Morgan fingerprint density at radius 1 is 1.20 bits per heavy atom. The second-order valence-corrected chi connectivity index (χ2v) is 6.97. The number of methoxy groups -OCH3 is 1. The first kappa shape index (κ1) is 23.9. The number of likely N-dealkylation sites (tertiary alicyclic amines) is 1. The van der Waals surface area contributed by atoms with Gasteiger partial charge in [0.05, 0.1) is 25.4 Å². The fourth-order valence-electron chi connectivity index (χ4n) is 3.15. The molecule has 1 unspecified atom stereocenters. The summed E-state index contributed by atoms with van der Waals surface area (Å²) in [5, 5.41) is 5.88. The Morgan fingerprint density at radius 3 is 2.53 bits per heavy atom. The first-order chi connectivity index (χ1) is 14.3. The van der Waals surface area contributed by atoms with E-state index >= 15 is 0 Å². The van der Waals surface area contributed by atoms with Gasteiger partial charge in [0.2, 0.25) is 0 Å². The third-order valence-corrected chi connectivity index (χ3v) is 4.75. The molecule has 1 amide bonds. The Bertz CT molecular complexity index is 696. The Kier molecular flexibility index (Phi) is 9.38. The Labute approximate surface area is 174 Å². The van der Waals surface area contributed by atoms with Crippen LogP contribution in [-0.2, 0) is 15.7 Å². The molecule has 7 nitrogen and oxygen atoms in total. The molecule has 0 radical (unpaired) electrons. The lowest BCUT2D eigenvalue weighted by Crippen LogP contribution is -2.43. The summed E-state index contributed by atoms with van der Waals surface area (Å²) < 4.78 is 48.3. The summed E-state index contributed by atoms with van der Waals surface area (Å²) in [5.41, 5.74) is -0.597. The number of amides is 1. The van der Waals surface area contributed by atoms with Gasteiger partial charge in [0.25, 0.3) is 5.91 Å². The van der Waals surface area contributed by atoms with Gasteiger partial charge in [-0.1, -0.05) is 0 Å². The van der Waals surface area contributed by atoms with Crippen LogP contribution < -0.4 is 10.6 Å². The molecule has 0 saturated carbocycles. The van der Waals surface area contributed by atoms with Gasteiger partial charge >= 0.3 is 6.18 Å². The van der Waals surface area contributed by atoms with Crippen molar-refractivity contribution >= 4 is 11.9 Å². The molecule has 1 aliphatic heterocycles. The molecule has 2 N–H and O–H groups in total. The van der Waals surface area contributed by atoms with Crippen molar-refractivity contribution in [3.8, 4) is 0 Å². The van der Waals surface area contributed by atoms with Crippen LogP contribution >= 0.6 is 0 Å². The normalized spacial score (nSPS) is 17.3. The molecular weight excluding hydrogens is 401 g/mol. The number of hydrogen-bond donors (Lipinski definition) is 2. The number of guanidine groups is 1. The first-order valence-electron chi connectivity index (χ1n) is 9.83. The van der Waals surface area contributed by atoms with Gasteiger partial charge in [-0.3, -0.25) is 9.79 Å². The first-order valence-corrected chi connectivity index (χ1v) is 9.83. The van der Waals surface area contributed by atoms with Gasteiger partial charge in [0.1, 0.15) is 0 Å². The summed E-state index contributed by atoms with van der Waals surface area (Å²) in [6.45, 7) is 4.32. The van der Waals surface area contributed by atoms with Crippen molar-refractivity contribution in [1.29, 1.82) is 0 Å². The maximum Gasteiger partial charge on any atom is 0.416 e. The number of nitrogens with zero attached hydrogens (tertiary/aromatic N) is 2. The van der Waals surface area contributed by atoms with Gasteiger partial charge in [-0.2, -0.15) is 13.2 Å². The van der Waals surface area contributed by atoms with E-state index < -0.39 is 17.6 Å². The monoisotopic (exact) mass is 430 g/mol. The third-order valence-electron chi connectivity index (χ3n) is 4.75. The van der Waals surface area contributed by atoms with Crippen LogP contribution in [-0.4, -0.2) is 76.9 Å². The predicted octanol–water partition coefficient (Wildman–Crippen LogP) is 2.00. The van der Waals surface area contributed by atoms with E-state index in [0.717, 1.165) is 37.6 Å². The number of carbonyl (C=O) groups is 1. The molecule has 0 spiro atoms. The number of rotatable bonds is 9. The average molecular weight is 430 g/mol. The van der Waals surface area contributed by atoms with E-state index in [1.807, 2.05) is 0 Å². The molecule has 1 heterocycles. The van der Waals surface area contributed by atoms with Crippen LogP contribution in [0.25, 0.3) is 0 Å². The summed E-state index contributed by atoms with van der Waals surface area (Å²) in [6, 6.07) is 4.14. The number of carbonyl (C=O) groups excluding carboxylic acids is 1. The molecule has 1 aromatic rings. The van der Waals surface area contributed by atoms with Crippen LogP contribution in [0.1, 0.15) is 22.3 Å². The molecule has 1 fully saturated rings. The standard InChI is InChI=1S/C20H29F3N4O3/c1-24-19(27-10-7-15(13-27)14-30-12-11-29-2)26-9-8-25-18(28)16-3-5-17(6-4-16)20(21,22)23/h3-6,15H,7-14H2,1-2H3,(H,24,26)(H,25,28). The smallest absolute Gasteiger partial charge is 0.382 e. The Morgan fingerprint density at radius 2 is 1.90 bits per heavy atom. The zero-order chi connectivity index (χ0) is 22.0. The van der Waals surface area contributed by atoms with E-state index in [-0.39, 0.29) is 5.56 Å². The van der Waals surface area contributed by atoms with Crippen molar-refractivity contribution in [3.05, 3.63) is 35.4 Å². The van der Waals surface area contributed by atoms with Crippen LogP contribution in [0.2, 0.25) is 0 Å². The Balaban J connectivity index is 1.69. The lowest BCUT2D eigenvalue weighted by Gasteiger charge is -2.22. The molecule has 10 heteroatoms. The largest absolute Gasteiger partial charge is 0.416 e. The van der Waals surface area contributed by atoms with Crippen molar-refractivity contribution in [3.63, 3.8) is 0 Å². The van der Waals surface area contributed by atoms with Crippen molar-refractivity contribution in [2.75, 3.05) is 60.2 Å². The van der Waals surface area contributed by atoms with Crippen LogP contribution in [0.5, 0.6) is 0 Å². The minimum absolute atomic E-state index is 0.184. The van der Waals surface area contributed by atoms with E-state index in [9.17, 15) is 18.0 Å². The van der Waals surface area contributed by atoms with E-state index in [2.05, 4.69) is 20.5 Å². The third kappa shape index (κ3) is 7.49. The van der Waals surface area contributed by atoms with Crippen LogP contribution in [0, 0.1) is 5.92 Å². The summed E-state index contributed by atoms with van der Waals surface area (Å²) >= 11 is 0. The molecule has 2 rings (SSSR count). The van der Waals surface area contributed by atoms with Crippen LogP contribution in [0.3, 0.4) is 0 Å². The number of nitrogens with one attached hydrogen (secondary N) is 2. The summed E-state index contributed by atoms with van der Waals surface area (Å²) in [5.74, 6) is 0.757. The minimum atomic E-state index is -4.42. The van der Waals surface area contributed by atoms with E-state index in [1.54, 1.807) is 14.2 Å². The van der Waals surface area contributed by atoms with E-state index in [0.29, 0.717) is 38.8 Å². The number of hydrogen-bond acceptors (Lipinski definition) is 4. The fourth-order valence-corrected chi connectivity index (χ4v) is 3.15. The summed E-state index contributed by atoms with van der Waals surface area (Å²) in [7, 11) is 3.34. The van der Waals surface area contributed by atoms with Crippen molar-refractivity contribution in [1.82, 2.24) is 15.5 Å². The molecule has 1 aromatic carbocycles. The predicted molar refractivity (Wildman–Crippen MR) is 108 cm³/mol. The number of aliphatic imine (C=N–C) groups is 1. The van der Waals surface area contributed by atoms with Gasteiger partial charge < -0.3 is 25.0 Å². The molecule has 1 aliphatic rings. The van der Waals surface area contributed by atoms with Gasteiger partial charge in [-0.05, 0) is 30.7 Å². The quantitative estimate of drug-likeness (QED) is 0.356. The fraction of sp³-hybridized carbons (Fsp3) is 0.600. The topological polar surface area (TPSA) is 75.2 Å². The molecule has 0 aromatic heterocycles. The van der Waals surface area contributed by atoms with Crippen molar-refractivity contribution in [2.24, 2.45) is 10.9 Å². The highest BCUT2D eigenvalue weighted by molar-refractivity contribution is 5.94. The molecule has 0 bridgehead atoms. The lowest BCUT2D eigenvalue weighted by atomic mass is 10.1. The number of alkyl halides is 3. The van der Waals surface area contributed by atoms with Gasteiger partial charge in [0.15, 0.2) is 5.96 Å². The maximum absolute atomic E-state index is 12.6. The second-order valence-electron chi connectivity index (χ2n) is 6.97. The van der Waals surface area contributed by atoms with E-state index in [1.165, 1.54) is 12.1 Å². The molecule has 1 saturated heterocycles. The van der Waals surface area contributed by atoms with E-state index in [4.69, 9.17) is 9.47 Å². The Hall–Kier alpha value is -2.33. The number of benzene rings is 1. The van der Waals surface area contributed by atoms with Crippen molar-refractivity contribution in [2.45, 2.75) is 12.6 Å². The molecule has 0 aliphatic carbocycles. The van der Waals surface area contributed by atoms with Crippen LogP contribution in [0.15, 0.2) is 29.3 Å². The van der Waals surface area contributed by atoms with Gasteiger partial charge in [0, 0.05) is 51.8 Å². The number of ether oxygens (including phenoxy) is 2. The molecule has 168 valence electrons. The average Bonchev–Trinajstić information content (AvgIpc) is 3.19. The van der Waals surface area contributed by atoms with Gasteiger partial charge in [-0.25, -0.2) is 0 Å². The lowest BCUT2D eigenvalue weighted by molar-refractivity contribution is -0.137. The zero-order valence-corrected chi connectivity index (χ0v) is 17.3. The van der Waals surface area contributed by atoms with Crippen LogP contribution in [0.4, 0.5) is 13.2 Å². The summed E-state index contributed by atoms with van der Waals surface area (Å²) in [6.07, 6.45) is -3.40. The number of halogens is 3. The maximum atomic E-state index is 12.6. The SMILES string of the molecule is CN=C(NCCNC(=O)c1ccc(C(F)(F)F)cc1)N1CCC(COCCOC)C1. The highest BCUT2D eigenvalue weighted by atomic mass is 19.4. The zero-order valence-electron chi connectivity index (χ0n) is 17.3. The highest BCUT2D eigenvalue weighted by Gasteiger charge is 2.30. The van der Waals surface area contributed by atoms with Gasteiger partial charge in [-0.15, -0.1) is 0 Å². The molecule has 30 heavy (non-hydrogen) atoms.